The molecule has 0 aliphatic heterocycles. The number of methoxy groups -OCH3 is 1. The molecule has 0 saturated carbocycles. The van der Waals surface area contributed by atoms with E-state index in [2.05, 4.69) is 0 Å². The van der Waals surface area contributed by atoms with E-state index in [1.807, 2.05) is 0 Å². The topological polar surface area (TPSA) is 89.7 Å². The summed E-state index contributed by atoms with van der Waals surface area (Å²) in [6.07, 6.45) is -0.116. The normalized spacial score (nSPS) is 12.8. The number of ether oxygens (including phenoxy) is 1. The van der Waals surface area contributed by atoms with Gasteiger partial charge in [-0.1, -0.05) is 30.3 Å². The van der Waals surface area contributed by atoms with Gasteiger partial charge in [-0.25, -0.2) is 8.42 Å². The van der Waals surface area contributed by atoms with Gasteiger partial charge in [0.15, 0.2) is 0 Å². The third-order valence-corrected chi connectivity index (χ3v) is 5.63. The van der Waals surface area contributed by atoms with Gasteiger partial charge in [-0.3, -0.25) is 4.79 Å². The van der Waals surface area contributed by atoms with E-state index in [9.17, 15) is 13.2 Å². The molecule has 0 fully saturated rings. The minimum Gasteiger partial charge on any atom is -0.497 e. The molecule has 0 aliphatic carbocycles. The van der Waals surface area contributed by atoms with E-state index >= 15 is 0 Å². The van der Waals surface area contributed by atoms with Crippen LogP contribution in [0, 0.1) is 0 Å². The molecule has 128 valence electrons. The Balaban J connectivity index is 2.41. The highest BCUT2D eigenvalue weighted by Crippen LogP contribution is 2.29. The minimum absolute atomic E-state index is 0.116. The lowest BCUT2D eigenvalue weighted by Gasteiger charge is -2.27. The molecule has 0 aromatic heterocycles. The number of hydrogen-bond donors (Lipinski definition) is 1. The average molecular weight is 348 g/mol. The van der Waals surface area contributed by atoms with Gasteiger partial charge in [0, 0.05) is 13.5 Å². The Bertz CT molecular complexity index is 789. The Labute approximate surface area is 141 Å². The molecule has 0 spiro atoms. The summed E-state index contributed by atoms with van der Waals surface area (Å²) in [4.78, 5) is 11.6. The number of carbonyl (C=O) groups is 1. The highest BCUT2D eigenvalue weighted by atomic mass is 32.2. The Morgan fingerprint density at radius 2 is 1.71 bits per heavy atom. The third kappa shape index (κ3) is 3.93. The van der Waals surface area contributed by atoms with E-state index in [0.29, 0.717) is 11.3 Å². The van der Waals surface area contributed by atoms with Gasteiger partial charge in [0.2, 0.25) is 15.9 Å². The number of benzene rings is 2. The van der Waals surface area contributed by atoms with Crippen LogP contribution in [0.3, 0.4) is 0 Å². The summed E-state index contributed by atoms with van der Waals surface area (Å²) < 4.78 is 31.9. The van der Waals surface area contributed by atoms with Gasteiger partial charge in [-0.2, -0.15) is 4.31 Å². The number of nitrogens with zero attached hydrogens (tertiary/aromatic N) is 1. The lowest BCUT2D eigenvalue weighted by atomic mass is 10.0. The van der Waals surface area contributed by atoms with Crippen molar-refractivity contribution in [2.24, 2.45) is 5.73 Å². The van der Waals surface area contributed by atoms with Crippen molar-refractivity contribution in [3.8, 4) is 5.75 Å². The van der Waals surface area contributed by atoms with Crippen LogP contribution in [0.5, 0.6) is 5.75 Å². The zero-order chi connectivity index (χ0) is 17.7. The van der Waals surface area contributed by atoms with Crippen LogP contribution in [0.15, 0.2) is 59.5 Å². The Morgan fingerprint density at radius 1 is 1.12 bits per heavy atom. The van der Waals surface area contributed by atoms with Crippen LogP contribution in [0.2, 0.25) is 0 Å². The number of hydrogen-bond acceptors (Lipinski definition) is 4. The number of nitrogens with two attached hydrogens (primary N) is 1. The Kier molecular flexibility index (Phi) is 5.58. The molecule has 2 aromatic rings. The zero-order valence-electron chi connectivity index (χ0n) is 13.5. The molecule has 0 unspecified atom stereocenters. The van der Waals surface area contributed by atoms with Crippen molar-refractivity contribution in [2.75, 3.05) is 14.2 Å². The van der Waals surface area contributed by atoms with Crippen LogP contribution in [0.4, 0.5) is 0 Å². The highest BCUT2D eigenvalue weighted by Gasteiger charge is 2.30. The van der Waals surface area contributed by atoms with Crippen LogP contribution in [-0.2, 0) is 14.8 Å². The fourth-order valence-electron chi connectivity index (χ4n) is 2.40. The van der Waals surface area contributed by atoms with Gasteiger partial charge in [0.1, 0.15) is 5.75 Å². The minimum atomic E-state index is -3.75. The molecule has 2 rings (SSSR count). The van der Waals surface area contributed by atoms with Gasteiger partial charge in [-0.05, 0) is 29.8 Å². The van der Waals surface area contributed by atoms with E-state index in [4.69, 9.17) is 10.5 Å². The van der Waals surface area contributed by atoms with E-state index in [1.165, 1.54) is 23.5 Å². The van der Waals surface area contributed by atoms with E-state index in [1.54, 1.807) is 49.6 Å². The molecule has 0 bridgehead atoms. The van der Waals surface area contributed by atoms with Gasteiger partial charge in [-0.15, -0.1) is 0 Å². The first-order valence-corrected chi connectivity index (χ1v) is 8.75. The smallest absolute Gasteiger partial charge is 0.243 e. The van der Waals surface area contributed by atoms with E-state index < -0.39 is 22.0 Å². The fraction of sp³-hybridized carbons (Fsp3) is 0.235. The Morgan fingerprint density at radius 3 is 2.21 bits per heavy atom. The number of amides is 1. The van der Waals surface area contributed by atoms with Crippen LogP contribution in [0.25, 0.3) is 0 Å². The summed E-state index contributed by atoms with van der Waals surface area (Å²) in [5, 5.41) is 0. The van der Waals surface area contributed by atoms with Crippen molar-refractivity contribution in [2.45, 2.75) is 17.4 Å². The quantitative estimate of drug-likeness (QED) is 0.828. The summed E-state index contributed by atoms with van der Waals surface area (Å²) >= 11 is 0. The second-order valence-corrected chi connectivity index (χ2v) is 7.29. The first kappa shape index (κ1) is 18.0. The molecule has 7 heteroatoms. The predicted molar refractivity (Wildman–Crippen MR) is 90.9 cm³/mol. The molecule has 6 nitrogen and oxygen atoms in total. The second kappa shape index (κ2) is 7.46. The van der Waals surface area contributed by atoms with Crippen molar-refractivity contribution in [1.82, 2.24) is 4.31 Å². The second-order valence-electron chi connectivity index (χ2n) is 5.29. The number of primary amides is 1. The van der Waals surface area contributed by atoms with Crippen molar-refractivity contribution in [3.63, 3.8) is 0 Å². The molecule has 0 heterocycles. The van der Waals surface area contributed by atoms with E-state index in [-0.39, 0.29) is 11.3 Å². The molecule has 0 radical (unpaired) electrons. The number of carbonyl (C=O) groups excluding carboxylic acids is 1. The standard InChI is InChI=1S/C17H20N2O4S/c1-19(24(21,22)15-6-4-3-5-7-15)16(12-17(18)20)13-8-10-14(23-2)11-9-13/h3-11,16H,12H2,1-2H3,(H2,18,20)/t16-/m0/s1. The fourth-order valence-corrected chi connectivity index (χ4v) is 3.76. The predicted octanol–water partition coefficient (Wildman–Crippen LogP) is 1.93. The molecule has 1 amide bonds. The summed E-state index contributed by atoms with van der Waals surface area (Å²) in [6.45, 7) is 0. The van der Waals surface area contributed by atoms with Crippen molar-refractivity contribution < 1.29 is 17.9 Å². The highest BCUT2D eigenvalue weighted by molar-refractivity contribution is 7.89. The maximum Gasteiger partial charge on any atom is 0.243 e. The largest absolute Gasteiger partial charge is 0.497 e. The first-order chi connectivity index (χ1) is 11.4. The summed E-state index contributed by atoms with van der Waals surface area (Å²) in [5.74, 6) is 0.0658. The maximum atomic E-state index is 12.8. The summed E-state index contributed by atoms with van der Waals surface area (Å²) in [6, 6.07) is 14.3. The van der Waals surface area contributed by atoms with Gasteiger partial charge >= 0.3 is 0 Å². The van der Waals surface area contributed by atoms with Crippen molar-refractivity contribution in [1.29, 1.82) is 0 Å². The summed E-state index contributed by atoms with van der Waals surface area (Å²) in [7, 11) is -0.765. The van der Waals surface area contributed by atoms with Gasteiger partial charge in [0.05, 0.1) is 18.0 Å². The molecule has 24 heavy (non-hydrogen) atoms. The van der Waals surface area contributed by atoms with Crippen molar-refractivity contribution >= 4 is 15.9 Å². The van der Waals surface area contributed by atoms with Crippen molar-refractivity contribution in [3.05, 3.63) is 60.2 Å². The zero-order valence-corrected chi connectivity index (χ0v) is 14.4. The third-order valence-electron chi connectivity index (χ3n) is 3.75. The molecule has 1 atom stereocenters. The number of sulfonamides is 1. The number of rotatable bonds is 7. The molecule has 0 aliphatic rings. The molecular weight excluding hydrogens is 328 g/mol. The lowest BCUT2D eigenvalue weighted by molar-refractivity contribution is -0.118. The molecular formula is C17H20N2O4S. The van der Waals surface area contributed by atoms with Gasteiger partial charge in [0.25, 0.3) is 0 Å². The Hall–Kier alpha value is -2.38. The van der Waals surface area contributed by atoms with Crippen LogP contribution >= 0.6 is 0 Å². The average Bonchev–Trinajstić information content (AvgIpc) is 2.60. The maximum absolute atomic E-state index is 12.8. The lowest BCUT2D eigenvalue weighted by Crippen LogP contribution is -2.34. The van der Waals surface area contributed by atoms with Crippen LogP contribution in [0.1, 0.15) is 18.0 Å². The van der Waals surface area contributed by atoms with Gasteiger partial charge < -0.3 is 10.5 Å². The van der Waals surface area contributed by atoms with Crippen LogP contribution < -0.4 is 10.5 Å². The van der Waals surface area contributed by atoms with E-state index in [0.717, 1.165) is 0 Å². The SMILES string of the molecule is COc1ccc([C@H](CC(N)=O)N(C)S(=O)(=O)c2ccccc2)cc1. The van der Waals surface area contributed by atoms with Crippen LogP contribution in [-0.4, -0.2) is 32.8 Å². The summed E-state index contributed by atoms with van der Waals surface area (Å²) in [5.41, 5.74) is 5.98. The first-order valence-electron chi connectivity index (χ1n) is 7.31. The monoisotopic (exact) mass is 348 g/mol. The molecule has 0 saturated heterocycles. The molecule has 2 N–H and O–H groups in total. The molecule has 2 aromatic carbocycles.